The summed E-state index contributed by atoms with van der Waals surface area (Å²) < 4.78 is 0. The van der Waals surface area contributed by atoms with E-state index in [4.69, 9.17) is 4.98 Å². The Bertz CT molecular complexity index is 673. The molecule has 0 amide bonds. The second-order valence-electron chi connectivity index (χ2n) is 7.83. The Labute approximate surface area is 158 Å². The van der Waals surface area contributed by atoms with Gasteiger partial charge in [-0.25, -0.2) is 4.98 Å². The number of nitrogens with one attached hydrogen (secondary N) is 1. The predicted octanol–water partition coefficient (Wildman–Crippen LogP) is 3.41. The SMILES string of the molecule is CN(C)Cc1cnc(CN(Cc2ccsc2)C2CC23CCNCC3)s1. The number of thiazole rings is 1. The average Bonchev–Trinajstić information content (AvgIpc) is 2.96. The van der Waals surface area contributed by atoms with Gasteiger partial charge >= 0.3 is 0 Å². The molecule has 1 atom stereocenters. The summed E-state index contributed by atoms with van der Waals surface area (Å²) >= 11 is 3.68. The van der Waals surface area contributed by atoms with Crippen LogP contribution < -0.4 is 5.32 Å². The van der Waals surface area contributed by atoms with Crippen molar-refractivity contribution in [3.8, 4) is 0 Å². The standard InChI is InChI=1S/C19H28N4S2/c1-22(2)12-16-10-21-18(25-16)13-23(11-15-3-8-24-14-15)17-9-19(17)4-6-20-7-5-19/h3,8,10,14,17,20H,4-7,9,11-13H2,1-2H3. The van der Waals surface area contributed by atoms with Gasteiger partial charge in [-0.1, -0.05) is 0 Å². The van der Waals surface area contributed by atoms with Crippen LogP contribution in [-0.4, -0.2) is 48.0 Å². The minimum absolute atomic E-state index is 0.574. The zero-order valence-electron chi connectivity index (χ0n) is 15.2. The van der Waals surface area contributed by atoms with E-state index in [2.05, 4.69) is 52.2 Å². The van der Waals surface area contributed by atoms with E-state index in [1.54, 1.807) is 11.3 Å². The van der Waals surface area contributed by atoms with Crippen molar-refractivity contribution >= 4 is 22.7 Å². The van der Waals surface area contributed by atoms with Gasteiger partial charge in [-0.2, -0.15) is 11.3 Å². The van der Waals surface area contributed by atoms with E-state index in [9.17, 15) is 0 Å². The lowest BCUT2D eigenvalue weighted by atomic mass is 9.93. The maximum absolute atomic E-state index is 4.72. The number of hydrogen-bond acceptors (Lipinski definition) is 6. The molecule has 1 saturated carbocycles. The lowest BCUT2D eigenvalue weighted by molar-refractivity contribution is 0.188. The molecule has 0 radical (unpaired) electrons. The van der Waals surface area contributed by atoms with Crippen LogP contribution in [0, 0.1) is 5.41 Å². The van der Waals surface area contributed by atoms with Gasteiger partial charge in [-0.15, -0.1) is 11.3 Å². The Kier molecular flexibility index (Phi) is 5.25. The zero-order chi connectivity index (χ0) is 17.3. The quantitative estimate of drug-likeness (QED) is 0.802. The minimum Gasteiger partial charge on any atom is -0.317 e. The van der Waals surface area contributed by atoms with Gasteiger partial charge in [0, 0.05) is 30.2 Å². The van der Waals surface area contributed by atoms with E-state index in [0.29, 0.717) is 5.41 Å². The molecule has 4 nitrogen and oxygen atoms in total. The highest BCUT2D eigenvalue weighted by atomic mass is 32.1. The molecule has 2 aliphatic rings. The summed E-state index contributed by atoms with van der Waals surface area (Å²) in [6, 6.07) is 3.00. The number of thiophene rings is 1. The number of aromatic nitrogens is 1. The number of hydrogen-bond donors (Lipinski definition) is 1. The first kappa shape index (κ1) is 17.6. The molecule has 1 aliphatic carbocycles. The van der Waals surface area contributed by atoms with Gasteiger partial charge < -0.3 is 10.2 Å². The van der Waals surface area contributed by atoms with Crippen LogP contribution in [0.3, 0.4) is 0 Å². The van der Waals surface area contributed by atoms with Crippen molar-refractivity contribution in [1.29, 1.82) is 0 Å². The van der Waals surface area contributed by atoms with Crippen molar-refractivity contribution in [3.63, 3.8) is 0 Å². The van der Waals surface area contributed by atoms with Crippen LogP contribution in [0.15, 0.2) is 23.0 Å². The Balaban J connectivity index is 1.47. The summed E-state index contributed by atoms with van der Waals surface area (Å²) in [7, 11) is 4.24. The van der Waals surface area contributed by atoms with Crippen molar-refractivity contribution in [2.45, 2.75) is 44.9 Å². The number of piperidine rings is 1. The largest absolute Gasteiger partial charge is 0.317 e. The van der Waals surface area contributed by atoms with Gasteiger partial charge in [-0.05, 0) is 74.3 Å². The third-order valence-corrected chi connectivity index (χ3v) is 7.26. The van der Waals surface area contributed by atoms with E-state index in [0.717, 1.165) is 25.7 Å². The normalized spacial score (nSPS) is 22.2. The van der Waals surface area contributed by atoms with Crippen LogP contribution in [0.25, 0.3) is 0 Å². The Morgan fingerprint density at radius 2 is 2.08 bits per heavy atom. The van der Waals surface area contributed by atoms with E-state index < -0.39 is 0 Å². The molecular weight excluding hydrogens is 348 g/mol. The zero-order valence-corrected chi connectivity index (χ0v) is 16.8. The highest BCUT2D eigenvalue weighted by Crippen LogP contribution is 2.56. The molecule has 6 heteroatoms. The molecular formula is C19H28N4S2. The Hall–Kier alpha value is -0.790. The van der Waals surface area contributed by atoms with Crippen molar-refractivity contribution in [3.05, 3.63) is 38.5 Å². The molecule has 2 aromatic heterocycles. The summed E-state index contributed by atoms with van der Waals surface area (Å²) in [6.45, 7) is 5.42. The maximum atomic E-state index is 4.72. The number of rotatable bonds is 7. The van der Waals surface area contributed by atoms with Gasteiger partial charge in [0.2, 0.25) is 0 Å². The third-order valence-electron chi connectivity index (χ3n) is 5.56. The van der Waals surface area contributed by atoms with Gasteiger partial charge in [-0.3, -0.25) is 4.90 Å². The van der Waals surface area contributed by atoms with Crippen LogP contribution in [0.5, 0.6) is 0 Å². The molecule has 1 aliphatic heterocycles. The van der Waals surface area contributed by atoms with E-state index in [1.165, 1.54) is 47.8 Å². The second kappa shape index (κ2) is 7.45. The van der Waals surface area contributed by atoms with Crippen LogP contribution in [0.2, 0.25) is 0 Å². The highest BCUT2D eigenvalue weighted by molar-refractivity contribution is 7.11. The topological polar surface area (TPSA) is 31.4 Å². The molecule has 3 heterocycles. The van der Waals surface area contributed by atoms with E-state index in [-0.39, 0.29) is 0 Å². The molecule has 4 rings (SSSR count). The Morgan fingerprint density at radius 1 is 1.24 bits per heavy atom. The van der Waals surface area contributed by atoms with Crippen molar-refractivity contribution in [2.24, 2.45) is 5.41 Å². The summed E-state index contributed by atoms with van der Waals surface area (Å²) in [5, 5.41) is 9.28. The van der Waals surface area contributed by atoms with Crippen LogP contribution >= 0.6 is 22.7 Å². The third kappa shape index (κ3) is 4.14. The molecule has 25 heavy (non-hydrogen) atoms. The molecule has 0 bridgehead atoms. The molecule has 2 fully saturated rings. The van der Waals surface area contributed by atoms with Gasteiger partial charge in [0.1, 0.15) is 5.01 Å². The molecule has 1 unspecified atom stereocenters. The molecule has 2 aromatic rings. The van der Waals surface area contributed by atoms with E-state index in [1.807, 2.05) is 11.3 Å². The van der Waals surface area contributed by atoms with Crippen LogP contribution in [-0.2, 0) is 19.6 Å². The summed E-state index contributed by atoms with van der Waals surface area (Å²) in [5.74, 6) is 0. The lowest BCUT2D eigenvalue weighted by Crippen LogP contribution is -2.35. The van der Waals surface area contributed by atoms with E-state index >= 15 is 0 Å². The molecule has 1 N–H and O–H groups in total. The van der Waals surface area contributed by atoms with Gasteiger partial charge in [0.05, 0.1) is 6.54 Å². The van der Waals surface area contributed by atoms with Crippen LogP contribution in [0.4, 0.5) is 0 Å². The lowest BCUT2D eigenvalue weighted by Gasteiger charge is -2.29. The first-order chi connectivity index (χ1) is 12.1. The molecule has 0 aromatic carbocycles. The molecule has 1 saturated heterocycles. The van der Waals surface area contributed by atoms with Crippen molar-refractivity contribution in [1.82, 2.24) is 20.1 Å². The van der Waals surface area contributed by atoms with Crippen molar-refractivity contribution < 1.29 is 0 Å². The molecule has 1 spiro atoms. The Morgan fingerprint density at radius 3 is 2.80 bits per heavy atom. The first-order valence-corrected chi connectivity index (χ1v) is 10.9. The second-order valence-corrected chi connectivity index (χ2v) is 9.81. The van der Waals surface area contributed by atoms with Crippen molar-refractivity contribution in [2.75, 3.05) is 27.2 Å². The fourth-order valence-corrected chi connectivity index (χ4v) is 5.90. The van der Waals surface area contributed by atoms with Gasteiger partial charge in [0.15, 0.2) is 0 Å². The minimum atomic E-state index is 0.574. The van der Waals surface area contributed by atoms with Gasteiger partial charge in [0.25, 0.3) is 0 Å². The highest BCUT2D eigenvalue weighted by Gasteiger charge is 2.56. The average molecular weight is 377 g/mol. The smallest absolute Gasteiger partial charge is 0.107 e. The van der Waals surface area contributed by atoms with Crippen LogP contribution in [0.1, 0.15) is 34.7 Å². The fourth-order valence-electron chi connectivity index (χ4n) is 4.18. The summed E-state index contributed by atoms with van der Waals surface area (Å²) in [5.41, 5.74) is 2.02. The monoisotopic (exact) mass is 376 g/mol. The summed E-state index contributed by atoms with van der Waals surface area (Å²) in [6.07, 6.45) is 6.10. The number of nitrogens with zero attached hydrogens (tertiary/aromatic N) is 3. The fraction of sp³-hybridized carbons (Fsp3) is 0.632. The maximum Gasteiger partial charge on any atom is 0.107 e. The summed E-state index contributed by atoms with van der Waals surface area (Å²) in [4.78, 5) is 11.0. The first-order valence-electron chi connectivity index (χ1n) is 9.19. The predicted molar refractivity (Wildman–Crippen MR) is 106 cm³/mol. The molecule has 136 valence electrons.